The average Bonchev–Trinajstić information content (AvgIpc) is 2.29. The van der Waals surface area contributed by atoms with Crippen molar-refractivity contribution in [2.45, 2.75) is 32.8 Å². The van der Waals surface area contributed by atoms with Gasteiger partial charge in [0.05, 0.1) is 6.61 Å². The Bertz CT molecular complexity index is 378. The number of ether oxygens (including phenoxy) is 1. The van der Waals surface area contributed by atoms with Crippen LogP contribution in [0.2, 0.25) is 0 Å². The lowest BCUT2D eigenvalue weighted by molar-refractivity contribution is -0.166. The largest absolute Gasteiger partial charge is 0.464 e. The minimum Gasteiger partial charge on any atom is -0.464 e. The van der Waals surface area contributed by atoms with Crippen molar-refractivity contribution in [3.05, 3.63) is 29.6 Å². The van der Waals surface area contributed by atoms with E-state index in [0.29, 0.717) is 5.56 Å². The fourth-order valence-electron chi connectivity index (χ4n) is 1.63. The van der Waals surface area contributed by atoms with Gasteiger partial charge in [-0.15, -0.1) is 0 Å². The van der Waals surface area contributed by atoms with Gasteiger partial charge in [-0.1, -0.05) is 6.92 Å². The molecule has 0 saturated carbocycles. The Morgan fingerprint density at radius 2 is 2.25 bits per heavy atom. The molecule has 0 bridgehead atoms. The van der Waals surface area contributed by atoms with Crippen LogP contribution in [0.1, 0.15) is 31.4 Å². The number of aliphatic hydroxyl groups is 1. The third kappa shape index (κ3) is 2.22. The molecule has 0 aliphatic carbocycles. The summed E-state index contributed by atoms with van der Waals surface area (Å²) in [5.74, 6) is -0.605. The zero-order valence-corrected chi connectivity index (χ0v) is 9.86. The molecule has 1 aromatic heterocycles. The van der Waals surface area contributed by atoms with Crippen LogP contribution in [0.4, 0.5) is 0 Å². The maximum absolute atomic E-state index is 11.8. The number of hydrogen-bond donors (Lipinski definition) is 1. The van der Waals surface area contributed by atoms with E-state index in [-0.39, 0.29) is 13.0 Å². The highest BCUT2D eigenvalue weighted by Crippen LogP contribution is 2.28. The van der Waals surface area contributed by atoms with Crippen LogP contribution in [0, 0.1) is 6.92 Å². The van der Waals surface area contributed by atoms with Crippen LogP contribution in [0.5, 0.6) is 0 Å². The first kappa shape index (κ1) is 12.6. The Balaban J connectivity index is 3.14. The molecule has 1 atom stereocenters. The molecule has 88 valence electrons. The van der Waals surface area contributed by atoms with Crippen molar-refractivity contribution in [1.29, 1.82) is 0 Å². The van der Waals surface area contributed by atoms with Crippen LogP contribution in [0.3, 0.4) is 0 Å². The van der Waals surface area contributed by atoms with Gasteiger partial charge in [-0.05, 0) is 31.9 Å². The second-order valence-electron chi connectivity index (χ2n) is 3.62. The van der Waals surface area contributed by atoms with E-state index in [4.69, 9.17) is 4.74 Å². The third-order valence-corrected chi connectivity index (χ3v) is 2.59. The number of carbonyl (C=O) groups excluding carboxylic acids is 1. The number of carbonyl (C=O) groups is 1. The Labute approximate surface area is 95.3 Å². The molecular weight excluding hydrogens is 206 g/mol. The monoisotopic (exact) mass is 223 g/mol. The predicted octanol–water partition coefficient (Wildman–Crippen LogP) is 1.55. The van der Waals surface area contributed by atoms with Gasteiger partial charge in [0, 0.05) is 18.0 Å². The Morgan fingerprint density at radius 3 is 2.75 bits per heavy atom. The number of rotatable bonds is 4. The van der Waals surface area contributed by atoms with Gasteiger partial charge in [0.1, 0.15) is 0 Å². The van der Waals surface area contributed by atoms with Gasteiger partial charge < -0.3 is 9.84 Å². The molecule has 0 aromatic carbocycles. The molecule has 0 aliphatic heterocycles. The summed E-state index contributed by atoms with van der Waals surface area (Å²) in [6.45, 7) is 5.53. The first-order valence-corrected chi connectivity index (χ1v) is 5.37. The molecule has 1 N–H and O–H groups in total. The molecule has 16 heavy (non-hydrogen) atoms. The summed E-state index contributed by atoms with van der Waals surface area (Å²) in [7, 11) is 0. The summed E-state index contributed by atoms with van der Waals surface area (Å²) >= 11 is 0. The lowest BCUT2D eigenvalue weighted by Crippen LogP contribution is -2.37. The van der Waals surface area contributed by atoms with E-state index in [1.165, 1.54) is 0 Å². The van der Waals surface area contributed by atoms with Crippen molar-refractivity contribution in [2.75, 3.05) is 6.61 Å². The molecule has 1 rings (SSSR count). The second kappa shape index (κ2) is 5.07. The van der Waals surface area contributed by atoms with Gasteiger partial charge in [-0.25, -0.2) is 4.79 Å². The van der Waals surface area contributed by atoms with Gasteiger partial charge in [-0.3, -0.25) is 4.98 Å². The normalized spacial score (nSPS) is 14.2. The maximum atomic E-state index is 11.8. The molecule has 1 aromatic rings. The Morgan fingerprint density at radius 1 is 1.56 bits per heavy atom. The van der Waals surface area contributed by atoms with Crippen LogP contribution >= 0.6 is 0 Å². The van der Waals surface area contributed by atoms with Gasteiger partial charge in [0.25, 0.3) is 0 Å². The topological polar surface area (TPSA) is 59.4 Å². The number of esters is 1. The van der Waals surface area contributed by atoms with Crippen molar-refractivity contribution in [3.63, 3.8) is 0 Å². The van der Waals surface area contributed by atoms with Crippen molar-refractivity contribution < 1.29 is 14.6 Å². The fraction of sp³-hybridized carbons (Fsp3) is 0.500. The Kier molecular flexibility index (Phi) is 4.01. The first-order valence-electron chi connectivity index (χ1n) is 5.37. The standard InChI is InChI=1S/C12H17NO3/c1-4-12(15,11(14)16-5-2)10-6-7-13-8-9(10)3/h6-8,15H,4-5H2,1-3H3. The summed E-state index contributed by atoms with van der Waals surface area (Å²) in [4.78, 5) is 15.7. The smallest absolute Gasteiger partial charge is 0.342 e. The number of nitrogens with zero attached hydrogens (tertiary/aromatic N) is 1. The summed E-state index contributed by atoms with van der Waals surface area (Å²) in [6, 6.07) is 1.65. The average molecular weight is 223 g/mol. The minimum atomic E-state index is -1.57. The van der Waals surface area contributed by atoms with Gasteiger partial charge in [0.2, 0.25) is 0 Å². The molecular formula is C12H17NO3. The van der Waals surface area contributed by atoms with Crippen LogP contribution in [-0.2, 0) is 15.1 Å². The molecule has 1 unspecified atom stereocenters. The van der Waals surface area contributed by atoms with E-state index in [0.717, 1.165) is 5.56 Å². The van der Waals surface area contributed by atoms with E-state index in [1.54, 1.807) is 32.3 Å². The van der Waals surface area contributed by atoms with Crippen molar-refractivity contribution in [3.8, 4) is 0 Å². The molecule has 4 nitrogen and oxygen atoms in total. The SMILES string of the molecule is CCOC(=O)C(O)(CC)c1ccncc1C. The third-order valence-electron chi connectivity index (χ3n) is 2.59. The highest BCUT2D eigenvalue weighted by Gasteiger charge is 2.38. The van der Waals surface area contributed by atoms with Gasteiger partial charge in [-0.2, -0.15) is 0 Å². The Hall–Kier alpha value is -1.42. The molecule has 0 radical (unpaired) electrons. The maximum Gasteiger partial charge on any atom is 0.342 e. The van der Waals surface area contributed by atoms with Crippen LogP contribution < -0.4 is 0 Å². The van der Waals surface area contributed by atoms with E-state index < -0.39 is 11.6 Å². The number of aryl methyl sites for hydroxylation is 1. The first-order chi connectivity index (χ1) is 7.56. The molecule has 0 saturated heterocycles. The quantitative estimate of drug-likeness (QED) is 0.787. The molecule has 1 heterocycles. The lowest BCUT2D eigenvalue weighted by Gasteiger charge is -2.26. The van der Waals surface area contributed by atoms with E-state index in [1.807, 2.05) is 6.92 Å². The fourth-order valence-corrected chi connectivity index (χ4v) is 1.63. The summed E-state index contributed by atoms with van der Waals surface area (Å²) in [6.07, 6.45) is 3.45. The zero-order valence-electron chi connectivity index (χ0n) is 9.86. The molecule has 0 fully saturated rings. The molecule has 0 amide bonds. The molecule has 0 spiro atoms. The van der Waals surface area contributed by atoms with Crippen LogP contribution in [-0.4, -0.2) is 22.7 Å². The molecule has 4 heteroatoms. The van der Waals surface area contributed by atoms with E-state index >= 15 is 0 Å². The van der Waals surface area contributed by atoms with Gasteiger partial charge in [0.15, 0.2) is 5.60 Å². The summed E-state index contributed by atoms with van der Waals surface area (Å²) in [5, 5.41) is 10.4. The summed E-state index contributed by atoms with van der Waals surface area (Å²) < 4.78 is 4.90. The number of pyridine rings is 1. The minimum absolute atomic E-state index is 0.255. The molecule has 0 aliphatic rings. The number of aromatic nitrogens is 1. The van der Waals surface area contributed by atoms with Crippen LogP contribution in [0.25, 0.3) is 0 Å². The predicted molar refractivity (Wildman–Crippen MR) is 59.8 cm³/mol. The second-order valence-corrected chi connectivity index (χ2v) is 3.62. The van der Waals surface area contributed by atoms with E-state index in [9.17, 15) is 9.90 Å². The zero-order chi connectivity index (χ0) is 12.2. The number of hydrogen-bond acceptors (Lipinski definition) is 4. The van der Waals surface area contributed by atoms with Crippen molar-refractivity contribution in [1.82, 2.24) is 4.98 Å². The van der Waals surface area contributed by atoms with E-state index in [2.05, 4.69) is 4.98 Å². The highest BCUT2D eigenvalue weighted by atomic mass is 16.5. The lowest BCUT2D eigenvalue weighted by atomic mass is 9.89. The van der Waals surface area contributed by atoms with Crippen molar-refractivity contribution >= 4 is 5.97 Å². The summed E-state index contributed by atoms with van der Waals surface area (Å²) in [5.41, 5.74) is -0.230. The highest BCUT2D eigenvalue weighted by molar-refractivity contribution is 5.81. The van der Waals surface area contributed by atoms with Crippen molar-refractivity contribution in [2.24, 2.45) is 0 Å². The van der Waals surface area contributed by atoms with Crippen LogP contribution in [0.15, 0.2) is 18.5 Å². The van der Waals surface area contributed by atoms with Gasteiger partial charge >= 0.3 is 5.97 Å².